The minimum atomic E-state index is 0. The number of benzene rings is 1. The molecular weight excluding hydrogens is 200 g/mol. The van der Waals surface area contributed by atoms with Crippen LogP contribution in [0.25, 0.3) is 0 Å². The number of hydrogen-bond donors (Lipinski definition) is 0. The monoisotopic (exact) mass is 213 g/mol. The van der Waals surface area contributed by atoms with Crippen LogP contribution >= 0.6 is 0 Å². The Balaban J connectivity index is 0.000000215. The molecule has 0 N–H and O–H groups in total. The van der Waals surface area contributed by atoms with Crippen molar-refractivity contribution < 1.29 is 17.1 Å². The summed E-state index contributed by atoms with van der Waals surface area (Å²) in [6.07, 6.45) is 10.0. The van der Waals surface area contributed by atoms with Crippen LogP contribution in [0.1, 0.15) is 12.0 Å². The molecule has 0 fully saturated rings. The van der Waals surface area contributed by atoms with Gasteiger partial charge in [-0.15, -0.1) is 6.42 Å². The smallest absolute Gasteiger partial charge is 0 e. The van der Waals surface area contributed by atoms with Crippen LogP contribution in [0.2, 0.25) is 0 Å². The Hall–Kier alpha value is -0.781. The largest absolute Gasteiger partial charge is 0.273 e. The predicted octanol–water partition coefficient (Wildman–Crippen LogP) is 3.30. The Bertz CT molecular complexity index is 250. The van der Waals surface area contributed by atoms with Crippen molar-refractivity contribution in [3.63, 3.8) is 0 Å². The first-order valence-corrected chi connectivity index (χ1v) is 4.13. The van der Waals surface area contributed by atoms with Gasteiger partial charge in [-0.2, -0.15) is 6.08 Å². The maximum atomic E-state index is 2.99. The molecule has 0 aliphatic heterocycles. The molecule has 0 radical (unpaired) electrons. The van der Waals surface area contributed by atoms with E-state index < -0.39 is 0 Å². The summed E-state index contributed by atoms with van der Waals surface area (Å²) in [6, 6.07) is 10.3. The van der Waals surface area contributed by atoms with E-state index in [2.05, 4.69) is 31.2 Å². The first-order chi connectivity index (χ1) is 5.89. The van der Waals surface area contributed by atoms with Gasteiger partial charge in [-0.1, -0.05) is 35.9 Å². The Morgan fingerprint density at radius 3 is 2.08 bits per heavy atom. The summed E-state index contributed by atoms with van der Waals surface area (Å²) in [4.78, 5) is 0. The molecular formula is C12H13Fe-. The maximum Gasteiger partial charge on any atom is 0 e. The van der Waals surface area contributed by atoms with Crippen LogP contribution < -0.4 is 0 Å². The molecule has 0 nitrogen and oxygen atoms in total. The Morgan fingerprint density at radius 1 is 1.15 bits per heavy atom. The van der Waals surface area contributed by atoms with Gasteiger partial charge < -0.3 is 0 Å². The van der Waals surface area contributed by atoms with E-state index in [4.69, 9.17) is 0 Å². The molecule has 0 saturated heterocycles. The van der Waals surface area contributed by atoms with Gasteiger partial charge in [0.2, 0.25) is 0 Å². The molecule has 2 rings (SSSR count). The van der Waals surface area contributed by atoms with Gasteiger partial charge in [0.1, 0.15) is 0 Å². The third-order valence-corrected chi connectivity index (χ3v) is 1.53. The molecule has 0 spiro atoms. The zero-order chi connectivity index (χ0) is 8.65. The van der Waals surface area contributed by atoms with Crippen molar-refractivity contribution in [2.45, 2.75) is 13.3 Å². The fourth-order valence-electron chi connectivity index (χ4n) is 0.875. The minimum Gasteiger partial charge on any atom is -0.273 e. The SMILES string of the molecule is Cc1ccccc1.[C-]1=CC=CC1.[Fe]. The Labute approximate surface area is 90.8 Å². The van der Waals surface area contributed by atoms with Crippen LogP contribution in [-0.2, 0) is 17.1 Å². The average molecular weight is 213 g/mol. The van der Waals surface area contributed by atoms with E-state index in [-0.39, 0.29) is 17.1 Å². The summed E-state index contributed by atoms with van der Waals surface area (Å²) in [5, 5.41) is 0. The second-order valence-electron chi connectivity index (χ2n) is 2.66. The quantitative estimate of drug-likeness (QED) is 0.458. The molecule has 0 bridgehead atoms. The van der Waals surface area contributed by atoms with Crippen molar-refractivity contribution in [1.82, 2.24) is 0 Å². The molecule has 13 heavy (non-hydrogen) atoms. The minimum absolute atomic E-state index is 0. The summed E-state index contributed by atoms with van der Waals surface area (Å²) in [7, 11) is 0. The summed E-state index contributed by atoms with van der Waals surface area (Å²) in [5.74, 6) is 0. The van der Waals surface area contributed by atoms with Crippen molar-refractivity contribution in [3.8, 4) is 0 Å². The molecule has 0 unspecified atom stereocenters. The summed E-state index contributed by atoms with van der Waals surface area (Å²) in [5.41, 5.74) is 1.32. The topological polar surface area (TPSA) is 0 Å². The van der Waals surface area contributed by atoms with Crippen LogP contribution in [0.15, 0.2) is 48.6 Å². The Kier molecular flexibility index (Phi) is 7.38. The van der Waals surface area contributed by atoms with Gasteiger partial charge in [0.15, 0.2) is 0 Å². The first kappa shape index (κ1) is 12.2. The zero-order valence-electron chi connectivity index (χ0n) is 7.68. The number of hydrogen-bond acceptors (Lipinski definition) is 0. The van der Waals surface area contributed by atoms with Crippen LogP contribution in [-0.4, -0.2) is 0 Å². The van der Waals surface area contributed by atoms with Crippen molar-refractivity contribution in [3.05, 3.63) is 60.2 Å². The molecule has 1 heteroatoms. The maximum absolute atomic E-state index is 2.99. The van der Waals surface area contributed by atoms with E-state index in [1.54, 1.807) is 0 Å². The number of rotatable bonds is 0. The van der Waals surface area contributed by atoms with Gasteiger partial charge in [-0.05, 0) is 6.92 Å². The van der Waals surface area contributed by atoms with E-state index in [0.717, 1.165) is 6.42 Å². The molecule has 0 aromatic heterocycles. The molecule has 0 heterocycles. The summed E-state index contributed by atoms with van der Waals surface area (Å²) in [6.45, 7) is 2.08. The molecule has 1 aliphatic carbocycles. The molecule has 1 aliphatic rings. The number of aryl methyl sites for hydroxylation is 1. The van der Waals surface area contributed by atoms with E-state index in [0.29, 0.717) is 0 Å². The van der Waals surface area contributed by atoms with Crippen molar-refractivity contribution >= 4 is 0 Å². The standard InChI is InChI=1S/C7H8.C5H5.Fe/c1-7-5-3-2-4-6-7;1-2-4-5-3-1;/h2-6H,1H3;1-3H,4H2;/q;-1;. The van der Waals surface area contributed by atoms with E-state index in [1.165, 1.54) is 5.56 Å². The van der Waals surface area contributed by atoms with Gasteiger partial charge in [0, 0.05) is 17.1 Å². The third kappa shape index (κ3) is 6.39. The molecule has 1 aromatic rings. The van der Waals surface area contributed by atoms with Crippen molar-refractivity contribution in [2.75, 3.05) is 0 Å². The Morgan fingerprint density at radius 2 is 1.85 bits per heavy atom. The second-order valence-corrected chi connectivity index (χ2v) is 2.66. The van der Waals surface area contributed by atoms with Gasteiger partial charge >= 0.3 is 0 Å². The summed E-state index contributed by atoms with van der Waals surface area (Å²) >= 11 is 0. The van der Waals surface area contributed by atoms with Gasteiger partial charge in [0.25, 0.3) is 0 Å². The van der Waals surface area contributed by atoms with Crippen LogP contribution in [0, 0.1) is 13.0 Å². The second kappa shape index (κ2) is 7.85. The van der Waals surface area contributed by atoms with E-state index >= 15 is 0 Å². The molecule has 0 atom stereocenters. The molecule has 1 aromatic carbocycles. The normalized spacial score (nSPS) is 11.5. The summed E-state index contributed by atoms with van der Waals surface area (Å²) < 4.78 is 0. The van der Waals surface area contributed by atoms with Crippen LogP contribution in [0.4, 0.5) is 0 Å². The zero-order valence-corrected chi connectivity index (χ0v) is 8.78. The molecule has 70 valence electrons. The third-order valence-electron chi connectivity index (χ3n) is 1.53. The van der Waals surface area contributed by atoms with E-state index in [9.17, 15) is 0 Å². The number of allylic oxidation sites excluding steroid dienone is 4. The van der Waals surface area contributed by atoms with Gasteiger partial charge in [-0.3, -0.25) is 6.08 Å². The van der Waals surface area contributed by atoms with Gasteiger partial charge in [-0.25, -0.2) is 12.2 Å². The van der Waals surface area contributed by atoms with Gasteiger partial charge in [0.05, 0.1) is 0 Å². The molecule has 0 amide bonds. The van der Waals surface area contributed by atoms with Crippen LogP contribution in [0.3, 0.4) is 0 Å². The van der Waals surface area contributed by atoms with E-state index in [1.807, 2.05) is 30.4 Å². The first-order valence-electron chi connectivity index (χ1n) is 4.13. The van der Waals surface area contributed by atoms with Crippen LogP contribution in [0.5, 0.6) is 0 Å². The van der Waals surface area contributed by atoms with Crippen molar-refractivity contribution in [1.29, 1.82) is 0 Å². The fourth-order valence-corrected chi connectivity index (χ4v) is 0.875. The molecule has 0 saturated carbocycles. The fraction of sp³-hybridized carbons (Fsp3) is 0.167. The average Bonchev–Trinajstić information content (AvgIpc) is 2.62. The predicted molar refractivity (Wildman–Crippen MR) is 52.7 cm³/mol. The van der Waals surface area contributed by atoms with Crippen molar-refractivity contribution in [2.24, 2.45) is 0 Å².